The fraction of sp³-hybridized carbons (Fsp3) is 0.500. The molecule has 0 heterocycles. The van der Waals surface area contributed by atoms with Crippen molar-refractivity contribution in [3.63, 3.8) is 0 Å². The van der Waals surface area contributed by atoms with Gasteiger partial charge in [-0.25, -0.2) is 0 Å². The molecule has 0 aromatic heterocycles. The van der Waals surface area contributed by atoms with Crippen molar-refractivity contribution in [2.24, 2.45) is 0 Å². The Labute approximate surface area is 86.7 Å². The van der Waals surface area contributed by atoms with Crippen LogP contribution in [0.4, 0.5) is 11.4 Å². The third-order valence-electron chi connectivity index (χ3n) is 2.75. The zero-order valence-electron chi connectivity index (χ0n) is 9.59. The number of nitrogens with two attached hydrogens (primary N) is 1. The predicted molar refractivity (Wildman–Crippen MR) is 63.9 cm³/mol. The van der Waals surface area contributed by atoms with Crippen LogP contribution in [-0.2, 0) is 0 Å². The van der Waals surface area contributed by atoms with Crippen molar-refractivity contribution < 1.29 is 0 Å². The van der Waals surface area contributed by atoms with Gasteiger partial charge >= 0.3 is 0 Å². The van der Waals surface area contributed by atoms with Crippen molar-refractivity contribution in [1.29, 1.82) is 0 Å². The van der Waals surface area contributed by atoms with Crippen LogP contribution in [0.15, 0.2) is 12.1 Å². The molecule has 0 bridgehead atoms. The van der Waals surface area contributed by atoms with Crippen LogP contribution in [-0.4, -0.2) is 13.1 Å². The summed E-state index contributed by atoms with van der Waals surface area (Å²) in [6.45, 7) is 10.5. The van der Waals surface area contributed by atoms with Crippen LogP contribution >= 0.6 is 0 Å². The molecule has 0 aliphatic heterocycles. The van der Waals surface area contributed by atoms with Gasteiger partial charge in [-0.1, -0.05) is 0 Å². The van der Waals surface area contributed by atoms with Crippen LogP contribution in [0, 0.1) is 13.8 Å². The van der Waals surface area contributed by atoms with Crippen LogP contribution in [0.1, 0.15) is 25.0 Å². The maximum absolute atomic E-state index is 6.00. The highest BCUT2D eigenvalue weighted by Gasteiger charge is 2.07. The van der Waals surface area contributed by atoms with Gasteiger partial charge in [0.25, 0.3) is 0 Å². The lowest BCUT2D eigenvalue weighted by Gasteiger charge is -2.23. The lowest BCUT2D eigenvalue weighted by Crippen LogP contribution is -2.23. The molecule has 0 saturated heterocycles. The highest BCUT2D eigenvalue weighted by Crippen LogP contribution is 2.26. The molecule has 1 aromatic carbocycles. The summed E-state index contributed by atoms with van der Waals surface area (Å²) in [5, 5.41) is 0. The third kappa shape index (κ3) is 2.00. The van der Waals surface area contributed by atoms with Crippen molar-refractivity contribution in [2.45, 2.75) is 27.7 Å². The Balaban J connectivity index is 3.14. The molecule has 2 nitrogen and oxygen atoms in total. The maximum Gasteiger partial charge on any atom is 0.0602 e. The van der Waals surface area contributed by atoms with Crippen LogP contribution in [0.25, 0.3) is 0 Å². The van der Waals surface area contributed by atoms with E-state index in [0.29, 0.717) is 0 Å². The van der Waals surface area contributed by atoms with E-state index >= 15 is 0 Å². The normalized spacial score (nSPS) is 10.3. The second-order valence-corrected chi connectivity index (χ2v) is 3.67. The van der Waals surface area contributed by atoms with Gasteiger partial charge in [0.2, 0.25) is 0 Å². The van der Waals surface area contributed by atoms with Crippen molar-refractivity contribution in [1.82, 2.24) is 0 Å². The van der Waals surface area contributed by atoms with E-state index < -0.39 is 0 Å². The minimum absolute atomic E-state index is 0.886. The van der Waals surface area contributed by atoms with Crippen LogP contribution in [0.5, 0.6) is 0 Å². The lowest BCUT2D eigenvalue weighted by molar-refractivity contribution is 0.866. The molecule has 0 aliphatic carbocycles. The SMILES string of the molecule is CCN(CC)c1cc(C)c(C)cc1N. The van der Waals surface area contributed by atoms with Gasteiger partial charge in [-0.2, -0.15) is 0 Å². The smallest absolute Gasteiger partial charge is 0.0602 e. The van der Waals surface area contributed by atoms with Gasteiger partial charge in [-0.3, -0.25) is 0 Å². The number of benzene rings is 1. The average molecular weight is 192 g/mol. The molecule has 0 unspecified atom stereocenters. The van der Waals surface area contributed by atoms with E-state index in [-0.39, 0.29) is 0 Å². The summed E-state index contributed by atoms with van der Waals surface area (Å²) in [4.78, 5) is 2.28. The van der Waals surface area contributed by atoms with Gasteiger partial charge < -0.3 is 10.6 Å². The molecular weight excluding hydrogens is 172 g/mol. The Morgan fingerprint density at radius 3 is 2.07 bits per heavy atom. The summed E-state index contributed by atoms with van der Waals surface area (Å²) >= 11 is 0. The Hall–Kier alpha value is -1.18. The summed E-state index contributed by atoms with van der Waals surface area (Å²) in [5.41, 5.74) is 10.6. The minimum Gasteiger partial charge on any atom is -0.397 e. The molecule has 2 N–H and O–H groups in total. The first-order valence-corrected chi connectivity index (χ1v) is 5.21. The monoisotopic (exact) mass is 192 g/mol. The largest absolute Gasteiger partial charge is 0.397 e. The number of aryl methyl sites for hydroxylation is 2. The second kappa shape index (κ2) is 4.36. The summed E-state index contributed by atoms with van der Waals surface area (Å²) in [6.07, 6.45) is 0. The van der Waals surface area contributed by atoms with E-state index in [2.05, 4.69) is 44.7 Å². The quantitative estimate of drug-likeness (QED) is 0.746. The average Bonchev–Trinajstić information content (AvgIpc) is 2.15. The molecule has 0 aliphatic rings. The predicted octanol–water partition coefficient (Wildman–Crippen LogP) is 2.73. The molecule has 2 heteroatoms. The molecule has 0 amide bonds. The molecule has 1 aromatic rings. The highest BCUT2D eigenvalue weighted by molar-refractivity contribution is 5.69. The summed E-state index contributed by atoms with van der Waals surface area (Å²) in [5.74, 6) is 0. The molecule has 0 radical (unpaired) electrons. The molecule has 0 fully saturated rings. The summed E-state index contributed by atoms with van der Waals surface area (Å²) in [7, 11) is 0. The van der Waals surface area contributed by atoms with Crippen molar-refractivity contribution >= 4 is 11.4 Å². The number of hydrogen-bond donors (Lipinski definition) is 1. The molecular formula is C12H20N2. The molecule has 0 spiro atoms. The highest BCUT2D eigenvalue weighted by atomic mass is 15.1. The first kappa shape index (κ1) is 10.9. The Morgan fingerprint density at radius 2 is 1.57 bits per heavy atom. The second-order valence-electron chi connectivity index (χ2n) is 3.67. The summed E-state index contributed by atoms with van der Waals surface area (Å²) < 4.78 is 0. The van der Waals surface area contributed by atoms with Crippen molar-refractivity contribution in [3.8, 4) is 0 Å². The number of rotatable bonds is 3. The maximum atomic E-state index is 6.00. The van der Waals surface area contributed by atoms with Gasteiger partial charge in [0, 0.05) is 13.1 Å². The molecule has 78 valence electrons. The van der Waals surface area contributed by atoms with Crippen molar-refractivity contribution in [3.05, 3.63) is 23.3 Å². The van der Waals surface area contributed by atoms with Gasteiger partial charge in [-0.05, 0) is 51.0 Å². The first-order chi connectivity index (χ1) is 6.60. The van der Waals surface area contributed by atoms with E-state index in [4.69, 9.17) is 5.73 Å². The molecule has 14 heavy (non-hydrogen) atoms. The Kier molecular flexibility index (Phi) is 3.39. The van der Waals surface area contributed by atoms with Crippen LogP contribution in [0.3, 0.4) is 0 Å². The fourth-order valence-electron chi connectivity index (χ4n) is 1.66. The van der Waals surface area contributed by atoms with Crippen LogP contribution < -0.4 is 10.6 Å². The minimum atomic E-state index is 0.886. The van der Waals surface area contributed by atoms with Gasteiger partial charge in [0.05, 0.1) is 11.4 Å². The topological polar surface area (TPSA) is 29.3 Å². The zero-order valence-corrected chi connectivity index (χ0v) is 9.59. The third-order valence-corrected chi connectivity index (χ3v) is 2.75. The Bertz CT molecular complexity index is 314. The van der Waals surface area contributed by atoms with Gasteiger partial charge in [0.15, 0.2) is 0 Å². The zero-order chi connectivity index (χ0) is 10.7. The molecule has 1 rings (SSSR count). The van der Waals surface area contributed by atoms with Crippen LogP contribution in [0.2, 0.25) is 0 Å². The van der Waals surface area contributed by atoms with Gasteiger partial charge in [0.1, 0.15) is 0 Å². The standard InChI is InChI=1S/C12H20N2/c1-5-14(6-2)12-8-10(4)9(3)7-11(12)13/h7-8H,5-6,13H2,1-4H3. The lowest BCUT2D eigenvalue weighted by atomic mass is 10.1. The van der Waals surface area contributed by atoms with E-state index in [0.717, 1.165) is 24.5 Å². The van der Waals surface area contributed by atoms with Crippen molar-refractivity contribution in [2.75, 3.05) is 23.7 Å². The number of hydrogen-bond acceptors (Lipinski definition) is 2. The first-order valence-electron chi connectivity index (χ1n) is 5.21. The number of nitrogens with zero attached hydrogens (tertiary/aromatic N) is 1. The molecule has 0 atom stereocenters. The van der Waals surface area contributed by atoms with Gasteiger partial charge in [-0.15, -0.1) is 0 Å². The van der Waals surface area contributed by atoms with E-state index in [1.165, 1.54) is 11.1 Å². The number of anilines is 2. The number of nitrogen functional groups attached to an aromatic ring is 1. The van der Waals surface area contributed by atoms with E-state index in [1.54, 1.807) is 0 Å². The summed E-state index contributed by atoms with van der Waals surface area (Å²) in [6, 6.07) is 4.24. The van der Waals surface area contributed by atoms with E-state index in [9.17, 15) is 0 Å². The fourth-order valence-corrected chi connectivity index (χ4v) is 1.66. The molecule has 0 saturated carbocycles. The Morgan fingerprint density at radius 1 is 1.07 bits per heavy atom. The van der Waals surface area contributed by atoms with E-state index in [1.807, 2.05) is 0 Å².